The molecule has 18 heavy (non-hydrogen) atoms. The number of amides is 1. The molecule has 1 aliphatic rings. The number of hydrogen-bond acceptors (Lipinski definition) is 4. The van der Waals surface area contributed by atoms with E-state index in [4.69, 9.17) is 0 Å². The van der Waals surface area contributed by atoms with E-state index < -0.39 is 0 Å². The molecule has 0 saturated heterocycles. The van der Waals surface area contributed by atoms with Gasteiger partial charge >= 0.3 is 0 Å². The van der Waals surface area contributed by atoms with Crippen LogP contribution in [0.2, 0.25) is 0 Å². The van der Waals surface area contributed by atoms with E-state index in [9.17, 15) is 4.79 Å². The molecule has 1 N–H and O–H groups in total. The third-order valence-corrected chi connectivity index (χ3v) is 3.09. The van der Waals surface area contributed by atoms with Crippen molar-refractivity contribution >= 4 is 5.91 Å². The van der Waals surface area contributed by atoms with Gasteiger partial charge in [0, 0.05) is 19.1 Å². The van der Waals surface area contributed by atoms with Crippen molar-refractivity contribution < 1.29 is 4.79 Å². The number of nitrogens with zero attached hydrogens (tertiary/aromatic N) is 4. The van der Waals surface area contributed by atoms with Gasteiger partial charge < -0.3 is 10.2 Å². The first kappa shape index (κ1) is 13.0. The van der Waals surface area contributed by atoms with Crippen LogP contribution in [-0.2, 0) is 17.9 Å². The van der Waals surface area contributed by atoms with Gasteiger partial charge in [-0.1, -0.05) is 12.1 Å². The van der Waals surface area contributed by atoms with E-state index in [1.54, 1.807) is 4.68 Å². The van der Waals surface area contributed by atoms with Gasteiger partial charge in [-0.25, -0.2) is 4.68 Å². The highest BCUT2D eigenvalue weighted by atomic mass is 16.2. The Morgan fingerprint density at radius 2 is 2.33 bits per heavy atom. The van der Waals surface area contributed by atoms with Crippen LogP contribution in [0, 0.1) is 0 Å². The fourth-order valence-corrected chi connectivity index (χ4v) is 2.00. The zero-order chi connectivity index (χ0) is 13.0. The van der Waals surface area contributed by atoms with Crippen molar-refractivity contribution in [2.45, 2.75) is 45.8 Å². The van der Waals surface area contributed by atoms with Crippen molar-refractivity contribution in [2.24, 2.45) is 0 Å². The summed E-state index contributed by atoms with van der Waals surface area (Å²) in [5.41, 5.74) is 0.874. The Bertz CT molecular complexity index is 399. The smallest absolute Gasteiger partial charge is 0.244 e. The molecule has 0 aliphatic heterocycles. The Hall–Kier alpha value is -1.43. The monoisotopic (exact) mass is 251 g/mol. The first-order valence-corrected chi connectivity index (χ1v) is 6.63. The van der Waals surface area contributed by atoms with E-state index in [0.29, 0.717) is 19.1 Å². The molecule has 1 amide bonds. The zero-order valence-corrected chi connectivity index (χ0v) is 11.1. The second kappa shape index (κ2) is 5.95. The summed E-state index contributed by atoms with van der Waals surface area (Å²) in [4.78, 5) is 14.0. The molecule has 2 rings (SSSR count). The SMILES string of the molecule is CCNCc1cn(CC(=O)N(CC)C2CC2)nn1. The molecule has 1 aromatic rings. The zero-order valence-electron chi connectivity index (χ0n) is 11.1. The van der Waals surface area contributed by atoms with Crippen LogP contribution in [0.4, 0.5) is 0 Å². The Morgan fingerprint density at radius 3 is 2.94 bits per heavy atom. The van der Waals surface area contributed by atoms with Crippen molar-refractivity contribution in [3.8, 4) is 0 Å². The van der Waals surface area contributed by atoms with Crippen LogP contribution in [0.1, 0.15) is 32.4 Å². The van der Waals surface area contributed by atoms with Crippen molar-refractivity contribution in [3.05, 3.63) is 11.9 Å². The lowest BCUT2D eigenvalue weighted by Gasteiger charge is -2.19. The highest BCUT2D eigenvalue weighted by Crippen LogP contribution is 2.26. The number of carbonyl (C=O) groups excluding carboxylic acids is 1. The second-order valence-electron chi connectivity index (χ2n) is 4.60. The second-order valence-corrected chi connectivity index (χ2v) is 4.60. The molecule has 6 nitrogen and oxygen atoms in total. The Morgan fingerprint density at radius 1 is 1.56 bits per heavy atom. The van der Waals surface area contributed by atoms with E-state index in [1.165, 1.54) is 0 Å². The van der Waals surface area contributed by atoms with Gasteiger partial charge in [0.25, 0.3) is 0 Å². The first-order valence-electron chi connectivity index (χ1n) is 6.63. The van der Waals surface area contributed by atoms with Crippen LogP contribution < -0.4 is 5.32 Å². The number of carbonyl (C=O) groups is 1. The first-order chi connectivity index (χ1) is 8.74. The molecule has 1 fully saturated rings. The maximum absolute atomic E-state index is 12.1. The molecular weight excluding hydrogens is 230 g/mol. The number of likely N-dealkylation sites (N-methyl/N-ethyl adjacent to an activating group) is 1. The Labute approximate surface area is 107 Å². The third kappa shape index (κ3) is 3.29. The molecule has 0 spiro atoms. The van der Waals surface area contributed by atoms with E-state index in [1.807, 2.05) is 24.9 Å². The Balaban J connectivity index is 1.87. The van der Waals surface area contributed by atoms with E-state index >= 15 is 0 Å². The standard InChI is InChI=1S/C12H21N5O/c1-3-13-7-10-8-16(15-14-10)9-12(18)17(4-2)11-5-6-11/h8,11,13H,3-7,9H2,1-2H3. The molecule has 1 heterocycles. The lowest BCUT2D eigenvalue weighted by Crippen LogP contribution is -2.35. The molecule has 6 heteroatoms. The number of aromatic nitrogens is 3. The summed E-state index contributed by atoms with van der Waals surface area (Å²) in [5, 5.41) is 11.2. The fraction of sp³-hybridized carbons (Fsp3) is 0.750. The van der Waals surface area contributed by atoms with Crippen molar-refractivity contribution in [1.82, 2.24) is 25.2 Å². The Kier molecular flexibility index (Phi) is 4.30. The highest BCUT2D eigenvalue weighted by molar-refractivity contribution is 5.76. The number of hydrogen-bond donors (Lipinski definition) is 1. The lowest BCUT2D eigenvalue weighted by atomic mass is 10.4. The minimum Gasteiger partial charge on any atom is -0.338 e. The van der Waals surface area contributed by atoms with Crippen LogP contribution in [0.3, 0.4) is 0 Å². The molecule has 1 aromatic heterocycles. The topological polar surface area (TPSA) is 63.1 Å². The van der Waals surface area contributed by atoms with Gasteiger partial charge in [-0.05, 0) is 26.3 Å². The van der Waals surface area contributed by atoms with E-state index in [-0.39, 0.29) is 5.91 Å². The third-order valence-electron chi connectivity index (χ3n) is 3.09. The summed E-state index contributed by atoms with van der Waals surface area (Å²) in [6.45, 7) is 6.74. The number of nitrogens with one attached hydrogen (secondary N) is 1. The predicted molar refractivity (Wildman–Crippen MR) is 67.8 cm³/mol. The molecule has 0 atom stereocenters. The molecule has 0 bridgehead atoms. The molecule has 1 aliphatic carbocycles. The summed E-state index contributed by atoms with van der Waals surface area (Å²) in [6, 6.07) is 0.465. The quantitative estimate of drug-likeness (QED) is 0.762. The minimum absolute atomic E-state index is 0.139. The summed E-state index contributed by atoms with van der Waals surface area (Å²) >= 11 is 0. The van der Waals surface area contributed by atoms with Crippen molar-refractivity contribution in [1.29, 1.82) is 0 Å². The van der Waals surface area contributed by atoms with Gasteiger partial charge in [-0.2, -0.15) is 0 Å². The summed E-state index contributed by atoms with van der Waals surface area (Å²) < 4.78 is 1.63. The average Bonchev–Trinajstić information content (AvgIpc) is 3.08. The summed E-state index contributed by atoms with van der Waals surface area (Å²) in [6.07, 6.45) is 4.12. The van der Waals surface area contributed by atoms with E-state index in [0.717, 1.165) is 31.6 Å². The van der Waals surface area contributed by atoms with Gasteiger partial charge in [0.2, 0.25) is 5.91 Å². The maximum Gasteiger partial charge on any atom is 0.244 e. The summed E-state index contributed by atoms with van der Waals surface area (Å²) in [7, 11) is 0. The van der Waals surface area contributed by atoms with Crippen molar-refractivity contribution in [3.63, 3.8) is 0 Å². The van der Waals surface area contributed by atoms with Crippen LogP contribution >= 0.6 is 0 Å². The van der Waals surface area contributed by atoms with E-state index in [2.05, 4.69) is 15.6 Å². The minimum atomic E-state index is 0.139. The van der Waals surface area contributed by atoms with Gasteiger partial charge in [0.15, 0.2) is 0 Å². The van der Waals surface area contributed by atoms with Crippen LogP contribution in [0.25, 0.3) is 0 Å². The maximum atomic E-state index is 12.1. The largest absolute Gasteiger partial charge is 0.338 e. The van der Waals surface area contributed by atoms with Gasteiger partial charge in [-0.15, -0.1) is 5.10 Å². The normalized spacial score (nSPS) is 14.8. The highest BCUT2D eigenvalue weighted by Gasteiger charge is 2.31. The van der Waals surface area contributed by atoms with Crippen LogP contribution in [0.15, 0.2) is 6.20 Å². The lowest BCUT2D eigenvalue weighted by molar-refractivity contribution is -0.132. The fourth-order valence-electron chi connectivity index (χ4n) is 2.00. The van der Waals surface area contributed by atoms with Crippen LogP contribution in [-0.4, -0.2) is 44.9 Å². The molecule has 0 radical (unpaired) electrons. The average molecular weight is 251 g/mol. The van der Waals surface area contributed by atoms with Gasteiger partial charge in [0.05, 0.1) is 11.9 Å². The molecule has 0 aromatic carbocycles. The molecule has 100 valence electrons. The number of rotatable bonds is 7. The van der Waals surface area contributed by atoms with Crippen molar-refractivity contribution in [2.75, 3.05) is 13.1 Å². The molecular formula is C12H21N5O. The van der Waals surface area contributed by atoms with Gasteiger partial charge in [0.1, 0.15) is 6.54 Å². The summed E-state index contributed by atoms with van der Waals surface area (Å²) in [5.74, 6) is 0.139. The van der Waals surface area contributed by atoms with Gasteiger partial charge in [-0.3, -0.25) is 4.79 Å². The van der Waals surface area contributed by atoms with Crippen LogP contribution in [0.5, 0.6) is 0 Å². The predicted octanol–water partition coefficient (Wildman–Crippen LogP) is 0.398. The molecule has 1 saturated carbocycles. The molecule has 0 unspecified atom stereocenters.